The first-order chi connectivity index (χ1) is 13.8. The maximum absolute atomic E-state index is 12.0. The van der Waals surface area contributed by atoms with Gasteiger partial charge in [-0.3, -0.25) is 9.59 Å². The topological polar surface area (TPSA) is 129 Å². The van der Waals surface area contributed by atoms with Gasteiger partial charge in [-0.25, -0.2) is 4.99 Å². The normalized spacial score (nSPS) is 15.3. The van der Waals surface area contributed by atoms with E-state index in [1.165, 1.54) is 24.4 Å². The molecule has 1 aliphatic rings. The molecule has 4 N–H and O–H groups in total. The number of nitrogens with two attached hydrogens (primary N) is 2. The van der Waals surface area contributed by atoms with Crippen molar-refractivity contribution >= 4 is 17.7 Å². The van der Waals surface area contributed by atoms with Crippen molar-refractivity contribution in [2.75, 3.05) is 26.8 Å². The Kier molecular flexibility index (Phi) is 7.79. The highest BCUT2D eigenvalue weighted by molar-refractivity contribution is 5.95. The summed E-state index contributed by atoms with van der Waals surface area (Å²) < 4.78 is 16.4. The van der Waals surface area contributed by atoms with Crippen LogP contribution in [-0.2, 0) is 9.53 Å². The first-order valence-electron chi connectivity index (χ1n) is 9.07. The van der Waals surface area contributed by atoms with E-state index in [0.717, 1.165) is 6.42 Å². The second-order valence-electron chi connectivity index (χ2n) is 6.44. The summed E-state index contributed by atoms with van der Waals surface area (Å²) in [5.41, 5.74) is 11.4. The van der Waals surface area contributed by atoms with Gasteiger partial charge in [-0.15, -0.1) is 0 Å². The average molecular weight is 402 g/mol. The van der Waals surface area contributed by atoms with Crippen molar-refractivity contribution in [3.8, 4) is 11.5 Å². The zero-order chi connectivity index (χ0) is 21.4. The lowest BCUT2D eigenvalue weighted by atomic mass is 10.2. The molecule has 2 amide bonds. The Bertz CT molecular complexity index is 830. The van der Waals surface area contributed by atoms with Crippen LogP contribution in [0.2, 0.25) is 0 Å². The molecule has 1 atom stereocenters. The molecule has 0 aromatic heterocycles. The van der Waals surface area contributed by atoms with Crippen LogP contribution in [0.25, 0.3) is 0 Å². The molecule has 1 fully saturated rings. The Morgan fingerprint density at radius 1 is 1.28 bits per heavy atom. The summed E-state index contributed by atoms with van der Waals surface area (Å²) in [6.07, 6.45) is 3.28. The number of nitrogens with zero attached hydrogens (tertiary/aromatic N) is 2. The fourth-order valence-corrected chi connectivity index (χ4v) is 2.47. The molecule has 1 aliphatic heterocycles. The van der Waals surface area contributed by atoms with Crippen LogP contribution >= 0.6 is 0 Å². The van der Waals surface area contributed by atoms with Crippen LogP contribution < -0.4 is 20.9 Å². The van der Waals surface area contributed by atoms with Gasteiger partial charge in [0.1, 0.15) is 23.3 Å². The van der Waals surface area contributed by atoms with Crippen molar-refractivity contribution in [1.29, 1.82) is 0 Å². The quantitative estimate of drug-likeness (QED) is 0.363. The van der Waals surface area contributed by atoms with Crippen LogP contribution in [0.3, 0.4) is 0 Å². The predicted octanol–water partition coefficient (Wildman–Crippen LogP) is 1.19. The number of carbonyl (C=O) groups is 2. The zero-order valence-corrected chi connectivity index (χ0v) is 16.6. The first kappa shape index (κ1) is 22.0. The largest absolute Gasteiger partial charge is 0.488 e. The summed E-state index contributed by atoms with van der Waals surface area (Å²) in [5, 5.41) is 0. The average Bonchev–Trinajstić information content (AvgIpc) is 2.63. The van der Waals surface area contributed by atoms with E-state index in [9.17, 15) is 9.59 Å². The molecule has 9 heteroatoms. The third-order valence-corrected chi connectivity index (χ3v) is 4.02. The van der Waals surface area contributed by atoms with E-state index >= 15 is 0 Å². The van der Waals surface area contributed by atoms with Gasteiger partial charge >= 0.3 is 0 Å². The van der Waals surface area contributed by atoms with E-state index in [1.807, 2.05) is 6.92 Å². The van der Waals surface area contributed by atoms with Crippen molar-refractivity contribution in [1.82, 2.24) is 4.90 Å². The number of benzene rings is 1. The predicted molar refractivity (Wildman–Crippen MR) is 109 cm³/mol. The van der Waals surface area contributed by atoms with Crippen LogP contribution in [0.15, 0.2) is 47.7 Å². The third kappa shape index (κ3) is 6.35. The van der Waals surface area contributed by atoms with Gasteiger partial charge in [0.2, 0.25) is 11.8 Å². The molecular formula is C20H26N4O5. The van der Waals surface area contributed by atoms with Gasteiger partial charge in [-0.1, -0.05) is 6.58 Å². The van der Waals surface area contributed by atoms with Crippen molar-refractivity contribution in [3.05, 3.63) is 48.3 Å². The number of likely N-dealkylation sites (tertiary alicyclic amines) is 1. The summed E-state index contributed by atoms with van der Waals surface area (Å²) in [5.74, 6) is -0.183. The summed E-state index contributed by atoms with van der Waals surface area (Å²) >= 11 is 0. The molecule has 2 rings (SSSR count). The fraction of sp³-hybridized carbons (Fsp3) is 0.350. The SMILES string of the molecule is C=CC(=N/C=C(\N)C(=O)N1CCC1)Oc1cc(O[C@@H](C)COC)cc(C(N)=O)c1. The van der Waals surface area contributed by atoms with Gasteiger partial charge in [0.05, 0.1) is 12.8 Å². The fourth-order valence-electron chi connectivity index (χ4n) is 2.47. The molecule has 0 radical (unpaired) electrons. The van der Waals surface area contributed by atoms with E-state index in [1.54, 1.807) is 18.1 Å². The van der Waals surface area contributed by atoms with E-state index in [4.69, 9.17) is 25.7 Å². The Morgan fingerprint density at radius 3 is 2.52 bits per heavy atom. The number of ether oxygens (including phenoxy) is 3. The van der Waals surface area contributed by atoms with Gasteiger partial charge in [-0.2, -0.15) is 0 Å². The smallest absolute Gasteiger partial charge is 0.271 e. The van der Waals surface area contributed by atoms with Crippen LogP contribution in [0.5, 0.6) is 11.5 Å². The van der Waals surface area contributed by atoms with Gasteiger partial charge in [-0.05, 0) is 31.6 Å². The molecule has 0 saturated carbocycles. The van der Waals surface area contributed by atoms with Crippen LogP contribution in [0.4, 0.5) is 0 Å². The summed E-state index contributed by atoms with van der Waals surface area (Å²) in [6, 6.07) is 4.54. The molecule has 29 heavy (non-hydrogen) atoms. The van der Waals surface area contributed by atoms with E-state index in [2.05, 4.69) is 11.6 Å². The number of hydrogen-bond acceptors (Lipinski definition) is 7. The monoisotopic (exact) mass is 402 g/mol. The Morgan fingerprint density at radius 2 is 1.97 bits per heavy atom. The standard InChI is InChI=1S/C20H26N4O5/c1-4-18(23-11-17(21)20(26)24-6-5-7-24)29-16-9-14(19(22)25)8-15(10-16)28-13(2)12-27-3/h4,8-11,13H,1,5-7,12,21H2,2-3H3,(H2,22,25)/b17-11-,23-18?/t13-/m0/s1. The Hall–Kier alpha value is -3.33. The molecular weight excluding hydrogens is 376 g/mol. The van der Waals surface area contributed by atoms with Crippen LogP contribution in [0.1, 0.15) is 23.7 Å². The maximum Gasteiger partial charge on any atom is 0.271 e. The first-order valence-corrected chi connectivity index (χ1v) is 9.07. The van der Waals surface area contributed by atoms with Crippen LogP contribution in [0, 0.1) is 0 Å². The highest BCUT2D eigenvalue weighted by atomic mass is 16.5. The number of hydrogen-bond donors (Lipinski definition) is 2. The highest BCUT2D eigenvalue weighted by Gasteiger charge is 2.21. The molecule has 9 nitrogen and oxygen atoms in total. The van der Waals surface area contributed by atoms with Crippen molar-refractivity contribution in [2.24, 2.45) is 16.5 Å². The Balaban J connectivity index is 2.20. The lowest BCUT2D eigenvalue weighted by Crippen LogP contribution is -2.44. The number of methoxy groups -OCH3 is 1. The number of aliphatic imine (C=N–C) groups is 1. The maximum atomic E-state index is 12.0. The highest BCUT2D eigenvalue weighted by Crippen LogP contribution is 2.24. The van der Waals surface area contributed by atoms with E-state index < -0.39 is 5.91 Å². The molecule has 156 valence electrons. The zero-order valence-electron chi connectivity index (χ0n) is 16.6. The molecule has 0 aliphatic carbocycles. The lowest BCUT2D eigenvalue weighted by molar-refractivity contribution is -0.130. The molecule has 1 heterocycles. The van der Waals surface area contributed by atoms with Gasteiger partial charge in [0.15, 0.2) is 0 Å². The number of amides is 2. The molecule has 0 spiro atoms. The molecule has 0 bridgehead atoms. The van der Waals surface area contributed by atoms with Crippen LogP contribution in [-0.4, -0.2) is 55.5 Å². The minimum Gasteiger partial charge on any atom is -0.488 e. The summed E-state index contributed by atoms with van der Waals surface area (Å²) in [7, 11) is 1.56. The van der Waals surface area contributed by atoms with Gasteiger partial charge < -0.3 is 30.6 Å². The number of rotatable bonds is 9. The van der Waals surface area contributed by atoms with Crippen molar-refractivity contribution in [2.45, 2.75) is 19.4 Å². The second kappa shape index (κ2) is 10.3. The second-order valence-corrected chi connectivity index (χ2v) is 6.44. The minimum absolute atomic E-state index is 0.00375. The molecule has 1 aromatic rings. The minimum atomic E-state index is -0.638. The number of primary amides is 1. The van der Waals surface area contributed by atoms with Crippen molar-refractivity contribution in [3.63, 3.8) is 0 Å². The van der Waals surface area contributed by atoms with Crippen molar-refractivity contribution < 1.29 is 23.8 Å². The summed E-state index contributed by atoms with van der Waals surface area (Å²) in [4.78, 5) is 29.3. The molecule has 1 saturated heterocycles. The molecule has 1 aromatic carbocycles. The lowest BCUT2D eigenvalue weighted by Gasteiger charge is -2.30. The van der Waals surface area contributed by atoms with Gasteiger partial charge in [0.25, 0.3) is 5.91 Å². The van der Waals surface area contributed by atoms with E-state index in [0.29, 0.717) is 25.4 Å². The summed E-state index contributed by atoms with van der Waals surface area (Å²) in [6.45, 7) is 7.19. The Labute approximate surface area is 169 Å². The third-order valence-electron chi connectivity index (χ3n) is 4.02. The molecule has 0 unspecified atom stereocenters. The number of carbonyl (C=O) groups excluding carboxylic acids is 2. The van der Waals surface area contributed by atoms with Gasteiger partial charge in [0, 0.05) is 31.8 Å². The van der Waals surface area contributed by atoms with E-state index in [-0.39, 0.29) is 34.9 Å².